The van der Waals surface area contributed by atoms with Gasteiger partial charge >= 0.3 is 0 Å². The number of hydrogen-bond donors (Lipinski definition) is 2. The number of rotatable bonds is 1. The van der Waals surface area contributed by atoms with Gasteiger partial charge in [0.15, 0.2) is 0 Å². The number of hydrogen-bond acceptors (Lipinski definition) is 3. The Morgan fingerprint density at radius 3 is 2.73 bits per heavy atom. The van der Waals surface area contributed by atoms with Crippen molar-refractivity contribution in [3.05, 3.63) is 59.7 Å². The molecule has 2 aromatic carbocycles. The van der Waals surface area contributed by atoms with Crippen LogP contribution in [0.2, 0.25) is 0 Å². The zero-order chi connectivity index (χ0) is 20.7. The molecule has 1 saturated heterocycles. The molecule has 1 fully saturated rings. The van der Waals surface area contributed by atoms with Crippen molar-refractivity contribution in [2.24, 2.45) is 5.41 Å². The minimum absolute atomic E-state index is 0.00248. The van der Waals surface area contributed by atoms with Crippen molar-refractivity contribution in [2.75, 3.05) is 6.54 Å². The zero-order valence-corrected chi connectivity index (χ0v) is 17.5. The van der Waals surface area contributed by atoms with E-state index in [4.69, 9.17) is 0 Å². The van der Waals surface area contributed by atoms with Crippen molar-refractivity contribution in [2.45, 2.75) is 45.1 Å². The van der Waals surface area contributed by atoms with E-state index < -0.39 is 0 Å². The van der Waals surface area contributed by atoms with Gasteiger partial charge in [-0.05, 0) is 53.6 Å². The highest BCUT2D eigenvalue weighted by atomic mass is 16.2. The van der Waals surface area contributed by atoms with Crippen molar-refractivity contribution in [3.63, 3.8) is 0 Å². The fourth-order valence-corrected chi connectivity index (χ4v) is 5.89. The van der Waals surface area contributed by atoms with Crippen LogP contribution in [0.3, 0.4) is 0 Å². The number of imidazole rings is 2. The summed E-state index contributed by atoms with van der Waals surface area (Å²) in [6.45, 7) is 7.79. The zero-order valence-electron chi connectivity index (χ0n) is 17.5. The molecule has 1 unspecified atom stereocenters. The second-order valence-electron chi connectivity index (χ2n) is 9.55. The summed E-state index contributed by atoms with van der Waals surface area (Å²) in [5.41, 5.74) is 7.26. The lowest BCUT2D eigenvalue weighted by Gasteiger charge is -2.60. The number of likely N-dealkylation sites (tertiary alicyclic amines) is 1. The van der Waals surface area contributed by atoms with E-state index in [0.717, 1.165) is 47.0 Å². The van der Waals surface area contributed by atoms with Crippen LogP contribution in [0, 0.1) is 5.41 Å². The molecule has 2 bridgehead atoms. The summed E-state index contributed by atoms with van der Waals surface area (Å²) in [6, 6.07) is 10.3. The molecule has 4 aromatic rings. The Bertz CT molecular complexity index is 1320. The van der Waals surface area contributed by atoms with E-state index in [9.17, 15) is 4.79 Å². The van der Waals surface area contributed by atoms with E-state index in [-0.39, 0.29) is 22.8 Å². The molecule has 2 aromatic heterocycles. The lowest BCUT2D eigenvalue weighted by atomic mass is 9.51. The molecule has 3 heterocycles. The SMILES string of the molecule is CC1(C)C2Cc3c(ccc4[nH]cnc34)[C@]1(C)CCN2C(=O)c1ccc2nc[nH]c2c1. The van der Waals surface area contributed by atoms with Crippen LogP contribution in [0.4, 0.5) is 0 Å². The number of aromatic amines is 2. The molecule has 2 atom stereocenters. The number of nitrogens with zero attached hydrogens (tertiary/aromatic N) is 3. The average Bonchev–Trinajstić information content (AvgIpc) is 3.38. The number of benzene rings is 2. The minimum Gasteiger partial charge on any atom is -0.345 e. The Morgan fingerprint density at radius 2 is 1.87 bits per heavy atom. The molecule has 1 aliphatic carbocycles. The maximum Gasteiger partial charge on any atom is 0.254 e. The smallest absolute Gasteiger partial charge is 0.254 e. The number of aromatic nitrogens is 4. The summed E-state index contributed by atoms with van der Waals surface area (Å²) in [4.78, 5) is 31.0. The molecule has 6 nitrogen and oxygen atoms in total. The van der Waals surface area contributed by atoms with Crippen LogP contribution in [0.25, 0.3) is 22.1 Å². The number of amides is 1. The first-order valence-electron chi connectivity index (χ1n) is 10.6. The van der Waals surface area contributed by atoms with Crippen LogP contribution < -0.4 is 0 Å². The summed E-state index contributed by atoms with van der Waals surface area (Å²) in [7, 11) is 0. The number of fused-ring (bicyclic) bond motifs is 7. The molecule has 30 heavy (non-hydrogen) atoms. The summed E-state index contributed by atoms with van der Waals surface area (Å²) in [6.07, 6.45) is 5.21. The van der Waals surface area contributed by atoms with Gasteiger partial charge in [-0.1, -0.05) is 26.8 Å². The van der Waals surface area contributed by atoms with Gasteiger partial charge in [-0.2, -0.15) is 0 Å². The van der Waals surface area contributed by atoms with Gasteiger partial charge in [-0.25, -0.2) is 9.97 Å². The lowest BCUT2D eigenvalue weighted by Crippen LogP contribution is -2.64. The molecule has 0 spiro atoms. The van der Waals surface area contributed by atoms with Crippen molar-refractivity contribution >= 4 is 28.0 Å². The lowest BCUT2D eigenvalue weighted by molar-refractivity contribution is -0.0259. The molecule has 0 saturated carbocycles. The van der Waals surface area contributed by atoms with Gasteiger partial charge in [0, 0.05) is 23.6 Å². The van der Waals surface area contributed by atoms with Crippen LogP contribution in [0.15, 0.2) is 43.0 Å². The van der Waals surface area contributed by atoms with Crippen LogP contribution >= 0.6 is 0 Å². The summed E-state index contributed by atoms with van der Waals surface area (Å²) < 4.78 is 0. The second kappa shape index (κ2) is 5.72. The highest BCUT2D eigenvalue weighted by molar-refractivity contribution is 5.98. The third-order valence-electron chi connectivity index (χ3n) is 8.10. The predicted molar refractivity (Wildman–Crippen MR) is 116 cm³/mol. The molecule has 2 aliphatic rings. The van der Waals surface area contributed by atoms with Gasteiger partial charge in [0.1, 0.15) is 0 Å². The molecule has 152 valence electrons. The molecule has 2 N–H and O–H groups in total. The van der Waals surface area contributed by atoms with Crippen LogP contribution in [0.5, 0.6) is 0 Å². The van der Waals surface area contributed by atoms with Gasteiger partial charge in [-0.15, -0.1) is 0 Å². The average molecular weight is 399 g/mol. The first-order chi connectivity index (χ1) is 14.4. The minimum atomic E-state index is -0.0457. The van der Waals surface area contributed by atoms with Crippen molar-refractivity contribution < 1.29 is 4.79 Å². The van der Waals surface area contributed by atoms with E-state index in [2.05, 4.69) is 57.7 Å². The molecule has 1 aliphatic heterocycles. The fourth-order valence-electron chi connectivity index (χ4n) is 5.89. The highest BCUT2D eigenvalue weighted by Crippen LogP contribution is 2.56. The fraction of sp³-hybridized carbons (Fsp3) is 0.375. The molecule has 6 heteroatoms. The topological polar surface area (TPSA) is 77.7 Å². The summed E-state index contributed by atoms with van der Waals surface area (Å²) in [5, 5.41) is 0. The van der Waals surface area contributed by atoms with Crippen molar-refractivity contribution in [1.29, 1.82) is 0 Å². The number of nitrogens with one attached hydrogen (secondary N) is 2. The number of carbonyl (C=O) groups is 1. The summed E-state index contributed by atoms with van der Waals surface area (Å²) in [5.74, 6) is 0.101. The molecular formula is C24H25N5O. The first-order valence-corrected chi connectivity index (χ1v) is 10.6. The second-order valence-corrected chi connectivity index (χ2v) is 9.55. The van der Waals surface area contributed by atoms with E-state index in [1.165, 1.54) is 11.1 Å². The third-order valence-corrected chi connectivity index (χ3v) is 8.10. The quantitative estimate of drug-likeness (QED) is 0.504. The van der Waals surface area contributed by atoms with E-state index in [1.54, 1.807) is 12.7 Å². The van der Waals surface area contributed by atoms with Gasteiger partial charge in [0.2, 0.25) is 0 Å². The van der Waals surface area contributed by atoms with Crippen LogP contribution in [-0.4, -0.2) is 43.3 Å². The Hall–Kier alpha value is -3.15. The Labute approximate surface area is 174 Å². The van der Waals surface area contributed by atoms with E-state index >= 15 is 0 Å². The molecular weight excluding hydrogens is 374 g/mol. The normalized spacial score (nSPS) is 24.9. The number of carbonyl (C=O) groups excluding carboxylic acids is 1. The maximum absolute atomic E-state index is 13.7. The Kier molecular flexibility index (Phi) is 3.37. The number of piperidine rings is 1. The first kappa shape index (κ1) is 17.7. The standard InChI is InChI=1S/C24H25N5O/c1-23(2)20-11-15-16(5-7-18-21(15)28-13-26-18)24(23,3)8-9-29(20)22(30)14-4-6-17-19(10-14)27-12-25-17/h4-7,10,12-13,20H,8-9,11H2,1-3H3,(H,25,27)(H,26,28)/t20?,24-/m0/s1. The predicted octanol–water partition coefficient (Wildman–Crippen LogP) is 4.19. The Morgan fingerprint density at radius 1 is 1.07 bits per heavy atom. The van der Waals surface area contributed by atoms with Gasteiger partial charge in [0.25, 0.3) is 5.91 Å². The molecule has 6 rings (SSSR count). The van der Waals surface area contributed by atoms with Crippen molar-refractivity contribution in [1.82, 2.24) is 24.8 Å². The van der Waals surface area contributed by atoms with Crippen molar-refractivity contribution in [3.8, 4) is 0 Å². The van der Waals surface area contributed by atoms with E-state index in [1.807, 2.05) is 18.2 Å². The summed E-state index contributed by atoms with van der Waals surface area (Å²) >= 11 is 0. The molecule has 0 radical (unpaired) electrons. The van der Waals surface area contributed by atoms with E-state index in [0.29, 0.717) is 0 Å². The monoisotopic (exact) mass is 399 g/mol. The highest BCUT2D eigenvalue weighted by Gasteiger charge is 2.57. The third kappa shape index (κ3) is 2.11. The number of H-pyrrole nitrogens is 2. The molecule has 1 amide bonds. The maximum atomic E-state index is 13.7. The van der Waals surface area contributed by atoms with Gasteiger partial charge < -0.3 is 14.9 Å². The van der Waals surface area contributed by atoms with Gasteiger partial charge in [-0.3, -0.25) is 4.79 Å². The van der Waals surface area contributed by atoms with Crippen LogP contribution in [0.1, 0.15) is 48.7 Å². The largest absolute Gasteiger partial charge is 0.345 e. The Balaban J connectivity index is 1.47. The van der Waals surface area contributed by atoms with Gasteiger partial charge in [0.05, 0.1) is 34.7 Å². The van der Waals surface area contributed by atoms with Crippen LogP contribution in [-0.2, 0) is 11.8 Å².